The molecule has 6 heteroatoms. The Bertz CT molecular complexity index is 438. The lowest BCUT2D eigenvalue weighted by molar-refractivity contribution is -0.387. The maximum atomic E-state index is 13.5. The summed E-state index contributed by atoms with van der Waals surface area (Å²) in [6.07, 6.45) is 0. The molecule has 0 aliphatic heterocycles. The minimum Gasteiger partial charge on any atom is -0.383 e. The standard InChI is InChI=1S/C13H19FN2O3/c1-10(2)15(6-7-19-3)9-11-4-5-13(16(17)18)12(14)8-11/h4-5,8,10H,6-7,9H2,1-3H3. The lowest BCUT2D eigenvalue weighted by atomic mass is 10.1. The minimum atomic E-state index is -0.794. The zero-order valence-electron chi connectivity index (χ0n) is 11.4. The van der Waals surface area contributed by atoms with E-state index in [2.05, 4.69) is 4.90 Å². The molecule has 19 heavy (non-hydrogen) atoms. The summed E-state index contributed by atoms with van der Waals surface area (Å²) in [5, 5.41) is 10.5. The molecular weight excluding hydrogens is 251 g/mol. The molecule has 0 atom stereocenters. The van der Waals surface area contributed by atoms with Crippen molar-refractivity contribution in [1.82, 2.24) is 4.90 Å². The van der Waals surface area contributed by atoms with E-state index in [0.717, 1.165) is 6.54 Å². The zero-order valence-corrected chi connectivity index (χ0v) is 11.4. The number of benzene rings is 1. The van der Waals surface area contributed by atoms with Crippen molar-refractivity contribution in [1.29, 1.82) is 0 Å². The maximum absolute atomic E-state index is 13.5. The lowest BCUT2D eigenvalue weighted by Gasteiger charge is -2.26. The number of halogens is 1. The lowest BCUT2D eigenvalue weighted by Crippen LogP contribution is -2.33. The van der Waals surface area contributed by atoms with Crippen LogP contribution in [0.3, 0.4) is 0 Å². The average molecular weight is 270 g/mol. The van der Waals surface area contributed by atoms with Gasteiger partial charge in [-0.1, -0.05) is 6.07 Å². The van der Waals surface area contributed by atoms with Crippen molar-refractivity contribution in [2.24, 2.45) is 0 Å². The van der Waals surface area contributed by atoms with Gasteiger partial charge in [0.2, 0.25) is 5.82 Å². The monoisotopic (exact) mass is 270 g/mol. The van der Waals surface area contributed by atoms with Gasteiger partial charge in [-0.25, -0.2) is 0 Å². The van der Waals surface area contributed by atoms with Gasteiger partial charge in [-0.05, 0) is 25.5 Å². The van der Waals surface area contributed by atoms with Crippen molar-refractivity contribution in [3.63, 3.8) is 0 Å². The maximum Gasteiger partial charge on any atom is 0.304 e. The van der Waals surface area contributed by atoms with Crippen LogP contribution >= 0.6 is 0 Å². The molecular formula is C13H19FN2O3. The van der Waals surface area contributed by atoms with Gasteiger partial charge in [-0.2, -0.15) is 4.39 Å². The highest BCUT2D eigenvalue weighted by Gasteiger charge is 2.16. The predicted molar refractivity (Wildman–Crippen MR) is 70.5 cm³/mol. The van der Waals surface area contributed by atoms with Crippen molar-refractivity contribution in [2.45, 2.75) is 26.4 Å². The first-order valence-electron chi connectivity index (χ1n) is 6.11. The van der Waals surface area contributed by atoms with Crippen LogP contribution in [-0.4, -0.2) is 36.1 Å². The van der Waals surface area contributed by atoms with Gasteiger partial charge in [0, 0.05) is 32.3 Å². The van der Waals surface area contributed by atoms with Gasteiger partial charge in [0.25, 0.3) is 0 Å². The molecule has 1 aromatic carbocycles. The Morgan fingerprint density at radius 2 is 2.16 bits per heavy atom. The van der Waals surface area contributed by atoms with E-state index >= 15 is 0 Å². The summed E-state index contributed by atoms with van der Waals surface area (Å²) in [6.45, 7) is 5.94. The highest BCUT2D eigenvalue weighted by molar-refractivity contribution is 5.34. The zero-order chi connectivity index (χ0) is 14.4. The first-order chi connectivity index (χ1) is 8.95. The Labute approximate surface area is 112 Å². The molecule has 0 saturated heterocycles. The quantitative estimate of drug-likeness (QED) is 0.564. The fourth-order valence-corrected chi connectivity index (χ4v) is 1.76. The van der Waals surface area contributed by atoms with Crippen LogP contribution < -0.4 is 0 Å². The molecule has 0 unspecified atom stereocenters. The number of hydrogen-bond donors (Lipinski definition) is 0. The highest BCUT2D eigenvalue weighted by atomic mass is 19.1. The first-order valence-corrected chi connectivity index (χ1v) is 6.11. The SMILES string of the molecule is COCCN(Cc1ccc([N+](=O)[O-])c(F)c1)C(C)C. The second kappa shape index (κ2) is 7.16. The topological polar surface area (TPSA) is 55.6 Å². The van der Waals surface area contributed by atoms with E-state index in [4.69, 9.17) is 4.74 Å². The van der Waals surface area contributed by atoms with Crippen molar-refractivity contribution < 1.29 is 14.1 Å². The van der Waals surface area contributed by atoms with Crippen LogP contribution in [0.5, 0.6) is 0 Å². The van der Waals surface area contributed by atoms with E-state index in [-0.39, 0.29) is 6.04 Å². The molecule has 1 rings (SSSR count). The summed E-state index contributed by atoms with van der Waals surface area (Å²) >= 11 is 0. The molecule has 106 valence electrons. The summed E-state index contributed by atoms with van der Waals surface area (Å²) in [4.78, 5) is 11.9. The number of nitrogens with zero attached hydrogens (tertiary/aromatic N) is 2. The Morgan fingerprint density at radius 1 is 1.47 bits per heavy atom. The van der Waals surface area contributed by atoms with Crippen molar-refractivity contribution in [3.05, 3.63) is 39.7 Å². The summed E-state index contributed by atoms with van der Waals surface area (Å²) in [5.74, 6) is -0.794. The smallest absolute Gasteiger partial charge is 0.304 e. The normalized spacial score (nSPS) is 11.3. The van der Waals surface area contributed by atoms with Crippen LogP contribution in [0.25, 0.3) is 0 Å². The van der Waals surface area contributed by atoms with Crippen LogP contribution in [0.2, 0.25) is 0 Å². The molecule has 0 N–H and O–H groups in total. The van der Waals surface area contributed by atoms with E-state index < -0.39 is 16.4 Å². The molecule has 0 aliphatic rings. The molecule has 0 aliphatic carbocycles. The number of nitro groups is 1. The third kappa shape index (κ3) is 4.57. The first kappa shape index (κ1) is 15.5. The Balaban J connectivity index is 2.79. The van der Waals surface area contributed by atoms with E-state index in [1.54, 1.807) is 13.2 Å². The van der Waals surface area contributed by atoms with E-state index in [1.807, 2.05) is 13.8 Å². The number of hydrogen-bond acceptors (Lipinski definition) is 4. The van der Waals surface area contributed by atoms with Crippen LogP contribution in [0.4, 0.5) is 10.1 Å². The van der Waals surface area contributed by atoms with Gasteiger partial charge in [0.05, 0.1) is 11.5 Å². The largest absolute Gasteiger partial charge is 0.383 e. The summed E-state index contributed by atoms with van der Waals surface area (Å²) < 4.78 is 18.5. The number of rotatable bonds is 7. The van der Waals surface area contributed by atoms with Crippen LogP contribution in [-0.2, 0) is 11.3 Å². The van der Waals surface area contributed by atoms with Gasteiger partial charge < -0.3 is 4.74 Å². The van der Waals surface area contributed by atoms with E-state index in [0.29, 0.717) is 18.7 Å². The molecule has 0 spiro atoms. The van der Waals surface area contributed by atoms with Gasteiger partial charge >= 0.3 is 5.69 Å². The van der Waals surface area contributed by atoms with Gasteiger partial charge in [0.1, 0.15) is 0 Å². The second-order valence-electron chi connectivity index (χ2n) is 4.60. The molecule has 0 fully saturated rings. The second-order valence-corrected chi connectivity index (χ2v) is 4.60. The van der Waals surface area contributed by atoms with Crippen molar-refractivity contribution in [2.75, 3.05) is 20.3 Å². The Hall–Kier alpha value is -1.53. The van der Waals surface area contributed by atoms with Gasteiger partial charge in [0.15, 0.2) is 0 Å². The van der Waals surface area contributed by atoms with Crippen LogP contribution in [0, 0.1) is 15.9 Å². The molecule has 0 saturated carbocycles. The number of nitro benzene ring substituents is 1. The summed E-state index contributed by atoms with van der Waals surface area (Å²) in [7, 11) is 1.63. The molecule has 0 amide bonds. The highest BCUT2D eigenvalue weighted by Crippen LogP contribution is 2.19. The third-order valence-electron chi connectivity index (χ3n) is 2.91. The van der Waals surface area contributed by atoms with Crippen molar-refractivity contribution >= 4 is 5.69 Å². The Morgan fingerprint density at radius 3 is 2.63 bits per heavy atom. The summed E-state index contributed by atoms with van der Waals surface area (Å²) in [6, 6.07) is 4.30. The van der Waals surface area contributed by atoms with Crippen LogP contribution in [0.15, 0.2) is 18.2 Å². The fraction of sp³-hybridized carbons (Fsp3) is 0.538. The molecule has 0 bridgehead atoms. The van der Waals surface area contributed by atoms with Gasteiger partial charge in [-0.15, -0.1) is 0 Å². The summed E-state index contributed by atoms with van der Waals surface area (Å²) in [5.41, 5.74) is 0.227. The molecule has 0 aromatic heterocycles. The van der Waals surface area contributed by atoms with Crippen LogP contribution in [0.1, 0.15) is 19.4 Å². The number of ether oxygens (including phenoxy) is 1. The molecule has 5 nitrogen and oxygen atoms in total. The van der Waals surface area contributed by atoms with E-state index in [1.165, 1.54) is 12.1 Å². The third-order valence-corrected chi connectivity index (χ3v) is 2.91. The fourth-order valence-electron chi connectivity index (χ4n) is 1.76. The van der Waals surface area contributed by atoms with Gasteiger partial charge in [-0.3, -0.25) is 15.0 Å². The molecule has 0 radical (unpaired) electrons. The van der Waals surface area contributed by atoms with Crippen molar-refractivity contribution in [3.8, 4) is 0 Å². The minimum absolute atomic E-state index is 0.286. The average Bonchev–Trinajstić information content (AvgIpc) is 2.33. The molecule has 1 aromatic rings. The Kier molecular flexibility index (Phi) is 5.85. The molecule has 0 heterocycles. The number of methoxy groups -OCH3 is 1. The van der Waals surface area contributed by atoms with E-state index in [9.17, 15) is 14.5 Å². The predicted octanol–water partition coefficient (Wildman–Crippen LogP) is 2.59.